The number of carbonyl (C=O) groups is 2. The maximum atomic E-state index is 12.8. The van der Waals surface area contributed by atoms with E-state index in [0.29, 0.717) is 18.1 Å². The van der Waals surface area contributed by atoms with Gasteiger partial charge in [0.05, 0.1) is 5.69 Å². The number of hydrogen-bond acceptors (Lipinski definition) is 3. The molecule has 0 saturated heterocycles. The third kappa shape index (κ3) is 3.64. The Labute approximate surface area is 154 Å². The number of hydrogen-bond donors (Lipinski definition) is 2. The number of fused-ring (bicyclic) bond motifs is 1. The van der Waals surface area contributed by atoms with Crippen molar-refractivity contribution in [2.45, 2.75) is 53.0 Å². The van der Waals surface area contributed by atoms with E-state index in [-0.39, 0.29) is 11.8 Å². The maximum absolute atomic E-state index is 12.8. The van der Waals surface area contributed by atoms with Gasteiger partial charge < -0.3 is 15.2 Å². The summed E-state index contributed by atoms with van der Waals surface area (Å²) in [6.07, 6.45) is 3.64. The Bertz CT molecular complexity index is 839. The first-order valence-electron chi connectivity index (χ1n) is 9.27. The van der Waals surface area contributed by atoms with E-state index in [1.807, 2.05) is 43.5 Å². The lowest BCUT2D eigenvalue weighted by molar-refractivity contribution is 0.0947. The van der Waals surface area contributed by atoms with Crippen LogP contribution in [0.4, 0.5) is 5.69 Å². The van der Waals surface area contributed by atoms with E-state index < -0.39 is 0 Å². The van der Waals surface area contributed by atoms with Crippen LogP contribution in [0.3, 0.4) is 0 Å². The zero-order valence-corrected chi connectivity index (χ0v) is 15.7. The number of rotatable bonds is 5. The first-order chi connectivity index (χ1) is 12.5. The van der Waals surface area contributed by atoms with Crippen molar-refractivity contribution in [1.82, 2.24) is 14.9 Å². The fourth-order valence-corrected chi connectivity index (χ4v) is 3.35. The molecule has 0 spiro atoms. The SMILES string of the molecule is CCCNC(=O)c1nc(C(=O)Nc2ccc(C)cc2C)n2c1CCCC2. The van der Waals surface area contributed by atoms with Gasteiger partial charge in [0, 0.05) is 18.8 Å². The van der Waals surface area contributed by atoms with Crippen molar-refractivity contribution in [2.24, 2.45) is 0 Å². The molecule has 2 heterocycles. The summed E-state index contributed by atoms with van der Waals surface area (Å²) in [7, 11) is 0. The molecule has 6 nitrogen and oxygen atoms in total. The van der Waals surface area contributed by atoms with Gasteiger partial charge in [-0.2, -0.15) is 0 Å². The molecule has 1 aliphatic heterocycles. The molecule has 26 heavy (non-hydrogen) atoms. The van der Waals surface area contributed by atoms with Crippen LogP contribution in [0.2, 0.25) is 0 Å². The lowest BCUT2D eigenvalue weighted by Crippen LogP contribution is -2.26. The predicted molar refractivity (Wildman–Crippen MR) is 102 cm³/mol. The molecule has 0 aliphatic carbocycles. The molecule has 2 N–H and O–H groups in total. The summed E-state index contributed by atoms with van der Waals surface area (Å²) in [5.74, 6) is -0.140. The number of nitrogens with one attached hydrogen (secondary N) is 2. The summed E-state index contributed by atoms with van der Waals surface area (Å²) in [5.41, 5.74) is 4.18. The van der Waals surface area contributed by atoms with E-state index in [0.717, 1.165) is 54.7 Å². The highest BCUT2D eigenvalue weighted by Crippen LogP contribution is 2.23. The third-order valence-corrected chi connectivity index (χ3v) is 4.70. The van der Waals surface area contributed by atoms with Crippen molar-refractivity contribution in [3.8, 4) is 0 Å². The second kappa shape index (κ2) is 7.72. The Kier molecular flexibility index (Phi) is 5.40. The van der Waals surface area contributed by atoms with E-state index in [1.165, 1.54) is 0 Å². The van der Waals surface area contributed by atoms with Gasteiger partial charge >= 0.3 is 0 Å². The third-order valence-electron chi connectivity index (χ3n) is 4.70. The molecule has 2 amide bonds. The Morgan fingerprint density at radius 3 is 2.73 bits per heavy atom. The quantitative estimate of drug-likeness (QED) is 0.865. The minimum absolute atomic E-state index is 0.192. The molecule has 1 aromatic heterocycles. The van der Waals surface area contributed by atoms with Crippen molar-refractivity contribution in [2.75, 3.05) is 11.9 Å². The molecule has 0 fully saturated rings. The molecule has 1 aromatic carbocycles. The van der Waals surface area contributed by atoms with Crippen LogP contribution in [0.15, 0.2) is 18.2 Å². The highest BCUT2D eigenvalue weighted by molar-refractivity contribution is 6.04. The Balaban J connectivity index is 1.90. The lowest BCUT2D eigenvalue weighted by atomic mass is 10.1. The van der Waals surface area contributed by atoms with E-state index in [9.17, 15) is 9.59 Å². The van der Waals surface area contributed by atoms with E-state index in [4.69, 9.17) is 0 Å². The summed E-state index contributed by atoms with van der Waals surface area (Å²) in [6.45, 7) is 7.32. The number of benzene rings is 1. The van der Waals surface area contributed by atoms with Crippen LogP contribution < -0.4 is 10.6 Å². The van der Waals surface area contributed by atoms with Crippen LogP contribution in [-0.2, 0) is 13.0 Å². The molecule has 3 rings (SSSR count). The van der Waals surface area contributed by atoms with Crippen molar-refractivity contribution in [3.63, 3.8) is 0 Å². The highest BCUT2D eigenvalue weighted by atomic mass is 16.2. The number of aryl methyl sites for hydroxylation is 2. The average Bonchev–Trinajstić information content (AvgIpc) is 3.02. The number of aromatic nitrogens is 2. The molecule has 0 saturated carbocycles. The smallest absolute Gasteiger partial charge is 0.291 e. The van der Waals surface area contributed by atoms with Crippen molar-refractivity contribution in [1.29, 1.82) is 0 Å². The van der Waals surface area contributed by atoms with Crippen LogP contribution in [0.1, 0.15) is 64.1 Å². The minimum atomic E-state index is -0.269. The number of nitrogens with zero attached hydrogens (tertiary/aromatic N) is 2. The summed E-state index contributed by atoms with van der Waals surface area (Å²) in [5, 5.41) is 5.81. The second-order valence-corrected chi connectivity index (χ2v) is 6.87. The molecular formula is C20H26N4O2. The van der Waals surface area contributed by atoms with E-state index in [1.54, 1.807) is 0 Å². The normalized spacial score (nSPS) is 13.2. The first-order valence-corrected chi connectivity index (χ1v) is 9.27. The molecule has 1 aliphatic rings. The number of anilines is 1. The van der Waals surface area contributed by atoms with Crippen molar-refractivity contribution in [3.05, 3.63) is 46.5 Å². The fourth-order valence-electron chi connectivity index (χ4n) is 3.35. The first kappa shape index (κ1) is 18.2. The van der Waals surface area contributed by atoms with Crippen molar-refractivity contribution >= 4 is 17.5 Å². The summed E-state index contributed by atoms with van der Waals surface area (Å²) in [6, 6.07) is 5.89. The number of carbonyl (C=O) groups excluding carboxylic acids is 2. The average molecular weight is 354 g/mol. The number of amides is 2. The van der Waals surface area contributed by atoms with Gasteiger partial charge in [0.25, 0.3) is 11.8 Å². The monoisotopic (exact) mass is 354 g/mol. The Hall–Kier alpha value is -2.63. The minimum Gasteiger partial charge on any atom is -0.351 e. The molecule has 0 radical (unpaired) electrons. The molecule has 138 valence electrons. The molecule has 2 aromatic rings. The predicted octanol–water partition coefficient (Wildman–Crippen LogP) is 3.23. The van der Waals surface area contributed by atoms with Gasteiger partial charge in [0.15, 0.2) is 5.82 Å². The zero-order chi connectivity index (χ0) is 18.7. The van der Waals surface area contributed by atoms with Gasteiger partial charge in [-0.25, -0.2) is 4.98 Å². The zero-order valence-electron chi connectivity index (χ0n) is 15.7. The van der Waals surface area contributed by atoms with Gasteiger partial charge in [0.1, 0.15) is 5.69 Å². The van der Waals surface area contributed by atoms with Crippen LogP contribution in [0.5, 0.6) is 0 Å². The van der Waals surface area contributed by atoms with Crippen LogP contribution in [0, 0.1) is 13.8 Å². The molecule has 0 bridgehead atoms. The van der Waals surface area contributed by atoms with Crippen LogP contribution in [0.25, 0.3) is 0 Å². The molecule has 6 heteroatoms. The highest BCUT2D eigenvalue weighted by Gasteiger charge is 2.27. The standard InChI is InChI=1S/C20H26N4O2/c1-4-10-21-19(25)17-16-7-5-6-11-24(16)18(23-17)20(26)22-15-9-8-13(2)12-14(15)3/h8-9,12H,4-7,10-11H2,1-3H3,(H,21,25)(H,22,26). The van der Waals surface area contributed by atoms with E-state index >= 15 is 0 Å². The summed E-state index contributed by atoms with van der Waals surface area (Å²) >= 11 is 0. The van der Waals surface area contributed by atoms with Crippen LogP contribution >= 0.6 is 0 Å². The summed E-state index contributed by atoms with van der Waals surface area (Å²) in [4.78, 5) is 29.7. The topological polar surface area (TPSA) is 76.0 Å². The molecule has 0 unspecified atom stereocenters. The number of imidazole rings is 1. The Morgan fingerprint density at radius 1 is 1.19 bits per heavy atom. The molecular weight excluding hydrogens is 328 g/mol. The van der Waals surface area contributed by atoms with Crippen LogP contribution in [-0.4, -0.2) is 27.9 Å². The van der Waals surface area contributed by atoms with E-state index in [2.05, 4.69) is 15.6 Å². The van der Waals surface area contributed by atoms with Gasteiger partial charge in [-0.05, 0) is 51.2 Å². The lowest BCUT2D eigenvalue weighted by Gasteiger charge is -2.17. The Morgan fingerprint density at radius 2 is 2.00 bits per heavy atom. The van der Waals surface area contributed by atoms with Gasteiger partial charge in [-0.3, -0.25) is 9.59 Å². The van der Waals surface area contributed by atoms with Gasteiger partial charge in [0.2, 0.25) is 0 Å². The fraction of sp³-hybridized carbons (Fsp3) is 0.450. The largest absolute Gasteiger partial charge is 0.351 e. The van der Waals surface area contributed by atoms with Crippen molar-refractivity contribution < 1.29 is 9.59 Å². The second-order valence-electron chi connectivity index (χ2n) is 6.87. The van der Waals surface area contributed by atoms with Gasteiger partial charge in [-0.1, -0.05) is 24.6 Å². The van der Waals surface area contributed by atoms with Gasteiger partial charge in [-0.15, -0.1) is 0 Å². The molecule has 0 atom stereocenters. The maximum Gasteiger partial charge on any atom is 0.291 e. The summed E-state index contributed by atoms with van der Waals surface area (Å²) < 4.78 is 1.91.